The summed E-state index contributed by atoms with van der Waals surface area (Å²) in [6, 6.07) is 9.63. The number of para-hydroxylation sites is 1. The van der Waals surface area contributed by atoms with Crippen molar-refractivity contribution in [1.82, 2.24) is 9.97 Å². The normalized spacial score (nSPS) is 10.6. The first kappa shape index (κ1) is 17.8. The number of ether oxygens (including phenoxy) is 1. The molecule has 8 heteroatoms. The van der Waals surface area contributed by atoms with Crippen LogP contribution in [0.2, 0.25) is 5.02 Å². The molecule has 2 heterocycles. The minimum atomic E-state index is 0.560. The highest BCUT2D eigenvalue weighted by molar-refractivity contribution is 8.00. The van der Waals surface area contributed by atoms with Gasteiger partial charge >= 0.3 is 0 Å². The third-order valence-electron chi connectivity index (χ3n) is 3.43. The standard InChI is InChI=1S/C17H17ClN4OS2/c1-10-15(24-17(19-2)21-10)11-8-14(16(23-3)20-9-11)25-22-13-7-5-4-6-12(13)18/h4-9,22H,1-3H3,(H,19,21). The van der Waals surface area contributed by atoms with Crippen molar-refractivity contribution in [2.24, 2.45) is 0 Å². The molecule has 0 radical (unpaired) electrons. The molecule has 1 aromatic carbocycles. The molecule has 0 fully saturated rings. The van der Waals surface area contributed by atoms with E-state index in [0.717, 1.165) is 31.8 Å². The quantitative estimate of drug-likeness (QED) is 0.552. The fraction of sp³-hybridized carbons (Fsp3) is 0.176. The highest BCUT2D eigenvalue weighted by Gasteiger charge is 2.14. The first-order chi connectivity index (χ1) is 12.1. The van der Waals surface area contributed by atoms with Crippen LogP contribution in [0.1, 0.15) is 5.69 Å². The Kier molecular flexibility index (Phi) is 5.67. The molecule has 0 saturated carbocycles. The number of halogens is 1. The van der Waals surface area contributed by atoms with Crippen molar-refractivity contribution in [3.63, 3.8) is 0 Å². The monoisotopic (exact) mass is 392 g/mol. The predicted octanol–water partition coefficient (Wildman–Crippen LogP) is 5.34. The molecule has 0 amide bonds. The summed E-state index contributed by atoms with van der Waals surface area (Å²) in [5, 5.41) is 4.62. The number of nitrogens with zero attached hydrogens (tertiary/aromatic N) is 2. The SMILES string of the molecule is CNc1nc(C)c(-c2cnc(OC)c(SNc3ccccc3Cl)c2)s1. The second kappa shape index (κ2) is 7.95. The molecule has 2 aromatic heterocycles. The number of hydrogen-bond acceptors (Lipinski definition) is 7. The Bertz CT molecular complexity index is 885. The molecule has 0 spiro atoms. The third-order valence-corrected chi connectivity index (χ3v) is 5.82. The van der Waals surface area contributed by atoms with E-state index in [-0.39, 0.29) is 0 Å². The number of rotatable bonds is 6. The van der Waals surface area contributed by atoms with Crippen molar-refractivity contribution in [3.05, 3.63) is 47.2 Å². The van der Waals surface area contributed by atoms with Gasteiger partial charge < -0.3 is 14.8 Å². The second-order valence-corrected chi connectivity index (χ2v) is 7.35. The number of benzene rings is 1. The molecule has 0 aliphatic heterocycles. The van der Waals surface area contributed by atoms with Crippen LogP contribution in [0, 0.1) is 6.92 Å². The molecular weight excluding hydrogens is 376 g/mol. The van der Waals surface area contributed by atoms with Crippen molar-refractivity contribution in [1.29, 1.82) is 0 Å². The average Bonchev–Trinajstić information content (AvgIpc) is 3.01. The molecule has 0 saturated heterocycles. The van der Waals surface area contributed by atoms with Crippen molar-refractivity contribution in [2.75, 3.05) is 24.2 Å². The van der Waals surface area contributed by atoms with Crippen LogP contribution >= 0.6 is 34.9 Å². The number of aromatic nitrogens is 2. The maximum Gasteiger partial charge on any atom is 0.228 e. The number of anilines is 2. The van der Waals surface area contributed by atoms with Gasteiger partial charge in [0.2, 0.25) is 5.88 Å². The van der Waals surface area contributed by atoms with Crippen molar-refractivity contribution < 1.29 is 4.74 Å². The number of hydrogen-bond donors (Lipinski definition) is 2. The molecular formula is C17H17ClN4OS2. The van der Waals surface area contributed by atoms with Crippen molar-refractivity contribution >= 4 is 45.7 Å². The Morgan fingerprint density at radius 1 is 1.28 bits per heavy atom. The Labute approximate surface area is 159 Å². The van der Waals surface area contributed by atoms with E-state index in [0.29, 0.717) is 10.9 Å². The maximum absolute atomic E-state index is 6.19. The van der Waals surface area contributed by atoms with Crippen LogP contribution in [0.5, 0.6) is 5.88 Å². The van der Waals surface area contributed by atoms with E-state index in [9.17, 15) is 0 Å². The summed E-state index contributed by atoms with van der Waals surface area (Å²) in [5.41, 5.74) is 2.81. The molecule has 2 N–H and O–H groups in total. The zero-order valence-electron chi connectivity index (χ0n) is 14.0. The molecule has 3 aromatic rings. The summed E-state index contributed by atoms with van der Waals surface area (Å²) in [6.45, 7) is 1.99. The molecule has 3 rings (SSSR count). The van der Waals surface area contributed by atoms with Crippen LogP contribution in [0.4, 0.5) is 10.8 Å². The lowest BCUT2D eigenvalue weighted by Gasteiger charge is -2.11. The average molecular weight is 393 g/mol. The fourth-order valence-corrected chi connectivity index (χ4v) is 4.15. The van der Waals surface area contributed by atoms with Gasteiger partial charge in [-0.15, -0.1) is 0 Å². The van der Waals surface area contributed by atoms with Crippen LogP contribution in [-0.2, 0) is 0 Å². The molecule has 0 unspecified atom stereocenters. The minimum absolute atomic E-state index is 0.560. The number of methoxy groups -OCH3 is 1. The Morgan fingerprint density at radius 3 is 2.76 bits per heavy atom. The smallest absolute Gasteiger partial charge is 0.228 e. The first-order valence-electron chi connectivity index (χ1n) is 7.49. The van der Waals surface area contributed by atoms with Crippen molar-refractivity contribution in [2.45, 2.75) is 11.8 Å². The summed E-state index contributed by atoms with van der Waals surface area (Å²) in [7, 11) is 3.47. The van der Waals surface area contributed by atoms with Gasteiger partial charge in [0.1, 0.15) is 0 Å². The topological polar surface area (TPSA) is 59.1 Å². The Morgan fingerprint density at radius 2 is 2.08 bits per heavy atom. The Balaban J connectivity index is 1.90. The zero-order valence-corrected chi connectivity index (χ0v) is 16.4. The van der Waals surface area contributed by atoms with E-state index in [1.165, 1.54) is 11.9 Å². The summed E-state index contributed by atoms with van der Waals surface area (Å²) < 4.78 is 8.64. The van der Waals surface area contributed by atoms with E-state index in [1.54, 1.807) is 24.6 Å². The van der Waals surface area contributed by atoms with Gasteiger partial charge in [0.05, 0.1) is 33.3 Å². The van der Waals surface area contributed by atoms with Crippen LogP contribution in [-0.4, -0.2) is 24.1 Å². The summed E-state index contributed by atoms with van der Waals surface area (Å²) in [5.74, 6) is 0.560. The molecule has 5 nitrogen and oxygen atoms in total. The van der Waals surface area contributed by atoms with Crippen LogP contribution in [0.15, 0.2) is 41.4 Å². The molecule has 0 aliphatic rings. The first-order valence-corrected chi connectivity index (χ1v) is 9.50. The van der Waals surface area contributed by atoms with E-state index >= 15 is 0 Å². The fourth-order valence-electron chi connectivity index (χ4n) is 2.21. The van der Waals surface area contributed by atoms with Gasteiger partial charge in [-0.05, 0) is 37.1 Å². The summed E-state index contributed by atoms with van der Waals surface area (Å²) >= 11 is 9.21. The molecule has 0 bridgehead atoms. The Hall–Kier alpha value is -1.96. The third kappa shape index (κ3) is 4.00. The number of nitrogens with one attached hydrogen (secondary N) is 2. The predicted molar refractivity (Wildman–Crippen MR) is 107 cm³/mol. The van der Waals surface area contributed by atoms with Gasteiger partial charge in [-0.25, -0.2) is 9.97 Å². The van der Waals surface area contributed by atoms with Crippen LogP contribution in [0.3, 0.4) is 0 Å². The van der Waals surface area contributed by atoms with Gasteiger partial charge in [-0.1, -0.05) is 35.1 Å². The molecule has 130 valence electrons. The van der Waals surface area contributed by atoms with Gasteiger partial charge in [-0.2, -0.15) is 0 Å². The number of thiazole rings is 1. The molecule has 0 atom stereocenters. The van der Waals surface area contributed by atoms with Gasteiger partial charge in [0, 0.05) is 18.8 Å². The zero-order chi connectivity index (χ0) is 17.8. The lowest BCUT2D eigenvalue weighted by molar-refractivity contribution is 0.387. The van der Waals surface area contributed by atoms with Crippen LogP contribution in [0.25, 0.3) is 10.4 Å². The van der Waals surface area contributed by atoms with E-state index in [4.69, 9.17) is 16.3 Å². The van der Waals surface area contributed by atoms with E-state index < -0.39 is 0 Å². The summed E-state index contributed by atoms with van der Waals surface area (Å²) in [4.78, 5) is 10.9. The minimum Gasteiger partial charge on any atom is -0.480 e. The highest BCUT2D eigenvalue weighted by atomic mass is 35.5. The largest absolute Gasteiger partial charge is 0.480 e. The summed E-state index contributed by atoms with van der Waals surface area (Å²) in [6.07, 6.45) is 1.80. The maximum atomic E-state index is 6.19. The molecule has 25 heavy (non-hydrogen) atoms. The van der Waals surface area contributed by atoms with E-state index in [1.807, 2.05) is 44.3 Å². The van der Waals surface area contributed by atoms with Crippen LogP contribution < -0.4 is 14.8 Å². The van der Waals surface area contributed by atoms with Crippen molar-refractivity contribution in [3.8, 4) is 16.3 Å². The van der Waals surface area contributed by atoms with Gasteiger partial charge in [-0.3, -0.25) is 0 Å². The number of pyridine rings is 1. The molecule has 0 aliphatic carbocycles. The lowest BCUT2D eigenvalue weighted by atomic mass is 10.2. The number of aryl methyl sites for hydroxylation is 1. The second-order valence-electron chi connectivity index (χ2n) is 5.10. The van der Waals surface area contributed by atoms with Gasteiger partial charge in [0.15, 0.2) is 5.13 Å². The van der Waals surface area contributed by atoms with Gasteiger partial charge in [0.25, 0.3) is 0 Å². The highest BCUT2D eigenvalue weighted by Crippen LogP contribution is 2.37. The lowest BCUT2D eigenvalue weighted by Crippen LogP contribution is -1.94. The van der Waals surface area contributed by atoms with E-state index in [2.05, 4.69) is 20.0 Å².